The second kappa shape index (κ2) is 54.0. The molecule has 0 bridgehead atoms. The molecule has 145 heavy (non-hydrogen) atoms. The molecule has 782 valence electrons. The second-order valence-electron chi connectivity index (χ2n) is 36.2. The van der Waals surface area contributed by atoms with E-state index in [4.69, 9.17) is 21.9 Å². The highest BCUT2D eigenvalue weighted by atomic mass is 32.2. The molecule has 15 amide bonds. The minimum Gasteiger partial charge on any atom is -0.508 e. The molecule has 47 heteroatoms. The number of aromatic hydroxyl groups is 1. The van der Waals surface area contributed by atoms with Gasteiger partial charge in [-0.3, -0.25) is 91.1 Å². The van der Waals surface area contributed by atoms with Crippen LogP contribution < -0.4 is 75.1 Å². The molecule has 6 aromatic rings. The average molecular weight is 2030 g/mol. The highest BCUT2D eigenvalue weighted by Crippen LogP contribution is 2.30. The van der Waals surface area contributed by atoms with Crippen molar-refractivity contribution in [3.05, 3.63) is 157 Å². The van der Waals surface area contributed by atoms with Gasteiger partial charge in [0.1, 0.15) is 97.2 Å². The van der Waals surface area contributed by atoms with E-state index in [2.05, 4.69) is 71.3 Å². The molecule has 23 N–H and O–H groups in total. The molecule has 46 nitrogen and oxygen atoms in total. The van der Waals surface area contributed by atoms with Gasteiger partial charge in [-0.15, -0.1) is 18.3 Å². The van der Waals surface area contributed by atoms with E-state index in [0.29, 0.717) is 68.8 Å². The Balaban J connectivity index is 1.06. The number of aromatic nitrogens is 2. The number of hydrogen-bond donors (Lipinski definition) is 20. The third-order valence-corrected chi connectivity index (χ3v) is 26.7. The van der Waals surface area contributed by atoms with Gasteiger partial charge in [-0.1, -0.05) is 79.4 Å². The molecule has 2 aromatic heterocycles. The number of hydrogen-bond acceptors (Lipinski definition) is 26. The lowest BCUT2D eigenvalue weighted by atomic mass is 9.97. The van der Waals surface area contributed by atoms with Gasteiger partial charge < -0.3 is 140 Å². The molecule has 0 spiro atoms. The fourth-order valence-electron chi connectivity index (χ4n) is 18.2. The molecular weight excluding hydrogens is 1910 g/mol. The van der Waals surface area contributed by atoms with Crippen LogP contribution in [-0.2, 0) is 123 Å². The predicted molar refractivity (Wildman–Crippen MR) is 526 cm³/mol. The van der Waals surface area contributed by atoms with Gasteiger partial charge in [0.15, 0.2) is 0 Å². The van der Waals surface area contributed by atoms with Crippen LogP contribution in [0.15, 0.2) is 135 Å². The molecule has 0 radical (unpaired) electrons. The number of carbonyl (C=O) groups excluding carboxylic acids is 15. The fourth-order valence-corrected chi connectivity index (χ4v) is 19.1. The Hall–Kier alpha value is -14.8. The van der Waals surface area contributed by atoms with E-state index in [1.807, 2.05) is 0 Å². The summed E-state index contributed by atoms with van der Waals surface area (Å²) in [5.74, 6) is -21.8. The van der Waals surface area contributed by atoms with Crippen LogP contribution in [0.5, 0.6) is 11.5 Å². The summed E-state index contributed by atoms with van der Waals surface area (Å²) >= 11 is 0.685. The number of allylic oxidation sites excluding steroid dienone is 1. The van der Waals surface area contributed by atoms with Crippen molar-refractivity contribution in [3.8, 4) is 11.5 Å². The van der Waals surface area contributed by atoms with Crippen LogP contribution >= 0.6 is 11.8 Å². The number of primary amides is 1. The zero-order valence-electron chi connectivity index (χ0n) is 80.5. The van der Waals surface area contributed by atoms with Crippen molar-refractivity contribution in [1.82, 2.24) is 87.2 Å². The number of rotatable bonds is 31. The van der Waals surface area contributed by atoms with Gasteiger partial charge in [-0.05, 0) is 136 Å². The number of benzene rings is 4. The van der Waals surface area contributed by atoms with Gasteiger partial charge in [0, 0.05) is 132 Å². The molecule has 4 saturated heterocycles. The van der Waals surface area contributed by atoms with Crippen molar-refractivity contribution >= 4 is 146 Å². The molecular formula is C98H128N20O26S. The number of nitrogens with two attached hydrogens (primary N) is 3. The first-order valence-electron chi connectivity index (χ1n) is 47.8. The number of carboxylic acids is 4. The van der Waals surface area contributed by atoms with Gasteiger partial charge in [0.25, 0.3) is 0 Å². The number of H-pyrrole nitrogens is 1. The molecule has 0 aliphatic carbocycles. The van der Waals surface area contributed by atoms with Crippen molar-refractivity contribution in [2.24, 2.45) is 17.2 Å². The van der Waals surface area contributed by atoms with Crippen LogP contribution in [0.3, 0.4) is 0 Å². The number of thioether (sulfide) groups is 1. The predicted octanol–water partition coefficient (Wildman–Crippen LogP) is -2.21. The molecule has 6 heterocycles. The van der Waals surface area contributed by atoms with Crippen molar-refractivity contribution in [2.75, 3.05) is 78.0 Å². The summed E-state index contributed by atoms with van der Waals surface area (Å²) < 4.78 is 7.13. The maximum Gasteiger partial charge on any atom is 0.323 e. The maximum atomic E-state index is 16.2. The van der Waals surface area contributed by atoms with Crippen molar-refractivity contribution in [3.63, 3.8) is 0 Å². The third kappa shape index (κ3) is 31.6. The number of ether oxygens (including phenoxy) is 1. The molecule has 4 aliphatic heterocycles. The monoisotopic (exact) mass is 2030 g/mol. The number of amides is 15. The Morgan fingerprint density at radius 1 is 0.538 bits per heavy atom. The Morgan fingerprint density at radius 3 is 1.77 bits per heavy atom. The van der Waals surface area contributed by atoms with E-state index in [9.17, 15) is 78.6 Å². The zero-order chi connectivity index (χ0) is 105. The van der Waals surface area contributed by atoms with Gasteiger partial charge in [0.2, 0.25) is 88.6 Å². The van der Waals surface area contributed by atoms with Crippen molar-refractivity contribution < 1.29 is 126 Å². The number of unbranched alkanes of at least 4 members (excludes halogenated alkanes) is 1. The number of aromatic amines is 1. The molecule has 15 atom stereocenters. The molecule has 4 aromatic carbocycles. The Labute approximate surface area is 838 Å². The number of fused-ring (bicyclic) bond motifs is 5. The number of carbonyl (C=O) groups is 19. The SMILES string of the molecule is C=CCCC[C@H]1C(=O)N(C)[C@@H](Cc2ccc(OCC=C)cc2)C(=O)N[C@@H](CCC(=O)O)C(=O)N[C@H](C(=O)NCC(N)=O)CSCC(=O)N[C@@H](Cc2ccc(O)cc2)C(=O)N2CCCC[C@H]2C(=O)N[C@@H](CC(=O)O)C(=O)N2CCC[C@H]2C(=O)N[C@@H](CN)CN[C@@H](CCC(=O)O)C(=O)N2C[C@H](O)C[C@H]2C(=O)N[C@@H](Cc2c[nH]c3ccccc23)C(=O)N[C@@H](CCN)C(=O)N[C@@H](Cc2cn(CC(=O)O)c3ccccc23)C(=O)N1C. The lowest BCUT2D eigenvalue weighted by molar-refractivity contribution is -0.149. The van der Waals surface area contributed by atoms with Gasteiger partial charge >= 0.3 is 23.9 Å². The van der Waals surface area contributed by atoms with E-state index in [1.165, 1.54) is 61.3 Å². The number of phenolic OH excluding ortho intramolecular Hbond substituents is 1. The van der Waals surface area contributed by atoms with Crippen LogP contribution in [-0.4, -0.2) is 346 Å². The number of nitrogens with zero attached hydrogens (tertiary/aromatic N) is 6. The normalized spacial score (nSPS) is 24.2. The first-order chi connectivity index (χ1) is 69.3. The number of para-hydroxylation sites is 2. The summed E-state index contributed by atoms with van der Waals surface area (Å²) in [6.07, 6.45) is -0.556. The van der Waals surface area contributed by atoms with E-state index >= 15 is 43.2 Å². The number of phenols is 1. The Kier molecular flexibility index (Phi) is 41.8. The summed E-state index contributed by atoms with van der Waals surface area (Å²) in [5.41, 5.74) is 20.4. The van der Waals surface area contributed by atoms with Crippen LogP contribution in [0.25, 0.3) is 21.8 Å². The van der Waals surface area contributed by atoms with Gasteiger partial charge in [0.05, 0.1) is 36.9 Å². The Morgan fingerprint density at radius 2 is 1.10 bits per heavy atom. The lowest BCUT2D eigenvalue weighted by Crippen LogP contribution is -2.61. The summed E-state index contributed by atoms with van der Waals surface area (Å²) in [7, 11) is 2.46. The number of carboxylic acid groups (broad SMARTS) is 4. The zero-order valence-corrected chi connectivity index (χ0v) is 81.3. The minimum absolute atomic E-state index is 0.00913. The molecule has 10 rings (SSSR count). The summed E-state index contributed by atoms with van der Waals surface area (Å²) in [4.78, 5) is 284. The Bertz CT molecular complexity index is 5700. The summed E-state index contributed by atoms with van der Waals surface area (Å²) in [5, 5.41) is 90.0. The quantitative estimate of drug-likeness (QED) is 0.0162. The third-order valence-electron chi connectivity index (χ3n) is 25.7. The lowest BCUT2D eigenvalue weighted by Gasteiger charge is -2.38. The summed E-state index contributed by atoms with van der Waals surface area (Å²) in [6, 6.07) is 2.47. The molecule has 4 aliphatic rings. The van der Waals surface area contributed by atoms with Crippen LogP contribution in [0.4, 0.5) is 0 Å². The first kappa shape index (κ1) is 112. The minimum atomic E-state index is -1.92. The number of likely N-dealkylation sites (N-methyl/N-ethyl adjacent to an activating group) is 2. The maximum absolute atomic E-state index is 16.2. The van der Waals surface area contributed by atoms with Crippen molar-refractivity contribution in [1.29, 1.82) is 0 Å². The molecule has 0 unspecified atom stereocenters. The average Bonchev–Trinajstić information content (AvgIpc) is 1.64. The standard InChI is InChI=1S/C98H128N20O26S/c1-5-7-8-21-77-98(143)114(4)78(41-56-25-29-62(30-26-56)144-39-6-2)92(137)108-66(31-33-82(123)124)87(132)112-73(86(131)104-49-80(101)121)53-145-54-81(122)106-70(40-55-23-27-60(119)28-24-55)96(141)116-37-14-13-20-75(116)91(136)111-72(45-84(127)128)97(142)117-38-15-22-76(117)90(135)105-59(46-100)48-103-68(32-34-83(125)126)95(140)118-51-61(120)44-79(118)93(138)109-69(42-57-47-102-65-18-11-9-16-63(57)65)89(134)107-67(35-36-99)88(133)110-71(94(139)113(77)3)43-58-50-115(52-85(129)130)74-19-12-10-17-64(58)74/h5-6,9-12,16-19,23-30,47,50,59,61,66-73,75-79,102-103,119-120H,1-2,7-8,13-15,20-22,31-46,48-49,51-54,99-100H2,3-4H3,(H2,101,121)(H,104,131)(H,105,135)(H,106,122)(H,107,134)(H,108,137)(H,109,138)(H,110,133)(H,111,136)(H,112,132)(H,123,124)(H,125,126)(H,127,128)(H,129,130)/t59-,61+,66-,67-,68-,69-,70-,71-,72-,73-,75-,76-,77-,78-,79-/m0/s1. The van der Waals surface area contributed by atoms with Crippen LogP contribution in [0.2, 0.25) is 0 Å². The topological polar surface area (TPSA) is 690 Å². The number of aliphatic carboxylic acids is 4. The highest BCUT2D eigenvalue weighted by Gasteiger charge is 2.47. The van der Waals surface area contributed by atoms with E-state index < -0.39 is 292 Å². The van der Waals surface area contributed by atoms with E-state index in [1.54, 1.807) is 79.0 Å². The number of nitrogens with one attached hydrogen (secondary N) is 11. The number of aliphatic hydroxyl groups is 1. The molecule has 4 fully saturated rings. The van der Waals surface area contributed by atoms with Crippen molar-refractivity contribution in [2.45, 2.75) is 219 Å². The summed E-state index contributed by atoms with van der Waals surface area (Å²) in [6.45, 7) is 4.33. The second-order valence-corrected chi connectivity index (χ2v) is 37.2. The van der Waals surface area contributed by atoms with E-state index in [0.717, 1.165) is 24.5 Å². The highest BCUT2D eigenvalue weighted by molar-refractivity contribution is 8.00. The number of piperidine rings is 1. The fraction of sp³-hybridized carbons (Fsp3) is 0.480. The van der Waals surface area contributed by atoms with Gasteiger partial charge in [-0.2, -0.15) is 0 Å². The van der Waals surface area contributed by atoms with Crippen LogP contribution in [0.1, 0.15) is 119 Å². The van der Waals surface area contributed by atoms with Crippen LogP contribution in [0, 0.1) is 0 Å². The largest absolute Gasteiger partial charge is 0.508 e. The van der Waals surface area contributed by atoms with E-state index in [-0.39, 0.29) is 102 Å². The number of aliphatic hydroxyl groups excluding tert-OH is 1. The molecule has 0 saturated carbocycles. The van der Waals surface area contributed by atoms with Gasteiger partial charge in [-0.25, -0.2) is 0 Å². The smallest absolute Gasteiger partial charge is 0.323 e. The first-order valence-corrected chi connectivity index (χ1v) is 49.0.